The number of aromatic nitrogens is 1. The number of benzene rings is 1. The normalized spacial score (nSPS) is 10.1. The van der Waals surface area contributed by atoms with Gasteiger partial charge in [0.15, 0.2) is 11.5 Å². The monoisotopic (exact) mass is 330 g/mol. The fourth-order valence-corrected chi connectivity index (χ4v) is 2.20. The number of methoxy groups -OCH3 is 2. The molecule has 7 nitrogen and oxygen atoms in total. The number of nitrogens with zero attached hydrogens (tertiary/aromatic N) is 1. The topological polar surface area (TPSA) is 97.8 Å². The van der Waals surface area contributed by atoms with Gasteiger partial charge in [0.2, 0.25) is 0 Å². The van der Waals surface area contributed by atoms with E-state index in [0.717, 1.165) is 5.56 Å². The first kappa shape index (κ1) is 17.3. The number of nitrogens with one attached hydrogen (secondary N) is 1. The van der Waals surface area contributed by atoms with E-state index < -0.39 is 11.9 Å². The van der Waals surface area contributed by atoms with Crippen molar-refractivity contribution in [2.24, 2.45) is 0 Å². The van der Waals surface area contributed by atoms with Gasteiger partial charge in [-0.15, -0.1) is 0 Å². The zero-order valence-corrected chi connectivity index (χ0v) is 13.4. The van der Waals surface area contributed by atoms with Crippen LogP contribution in [-0.2, 0) is 6.42 Å². The first-order valence-electron chi connectivity index (χ1n) is 7.24. The van der Waals surface area contributed by atoms with Crippen LogP contribution in [0.3, 0.4) is 0 Å². The molecule has 2 rings (SSSR count). The van der Waals surface area contributed by atoms with Crippen molar-refractivity contribution in [1.82, 2.24) is 10.3 Å². The van der Waals surface area contributed by atoms with Crippen molar-refractivity contribution < 1.29 is 24.2 Å². The second-order valence-electron chi connectivity index (χ2n) is 4.90. The predicted molar refractivity (Wildman–Crippen MR) is 86.8 cm³/mol. The van der Waals surface area contributed by atoms with Crippen LogP contribution in [0.2, 0.25) is 0 Å². The molecule has 2 N–H and O–H groups in total. The number of pyridine rings is 1. The van der Waals surface area contributed by atoms with E-state index in [1.807, 2.05) is 12.1 Å². The summed E-state index contributed by atoms with van der Waals surface area (Å²) in [6, 6.07) is 8.31. The van der Waals surface area contributed by atoms with Crippen molar-refractivity contribution in [2.75, 3.05) is 20.8 Å². The van der Waals surface area contributed by atoms with Crippen LogP contribution in [0.15, 0.2) is 36.5 Å². The quantitative estimate of drug-likeness (QED) is 0.803. The molecule has 0 aliphatic heterocycles. The maximum Gasteiger partial charge on any atom is 0.338 e. The largest absolute Gasteiger partial charge is 0.493 e. The summed E-state index contributed by atoms with van der Waals surface area (Å²) in [6.07, 6.45) is 1.94. The molecule has 0 aliphatic rings. The van der Waals surface area contributed by atoms with Crippen molar-refractivity contribution in [2.45, 2.75) is 6.42 Å². The first-order chi connectivity index (χ1) is 11.6. The zero-order chi connectivity index (χ0) is 17.5. The standard InChI is InChI=1S/C17H18N2O5/c1-23-13-6-5-11(10-14(13)24-2)7-9-19-16(20)15-12(17(21)22)4-3-8-18-15/h3-6,8,10H,7,9H2,1-2H3,(H,19,20)(H,21,22). The number of carbonyl (C=O) groups excluding carboxylic acids is 1. The minimum Gasteiger partial charge on any atom is -0.493 e. The molecular weight excluding hydrogens is 312 g/mol. The lowest BCUT2D eigenvalue weighted by Crippen LogP contribution is -2.28. The Kier molecular flexibility index (Phi) is 5.73. The van der Waals surface area contributed by atoms with E-state index in [-0.39, 0.29) is 11.3 Å². The lowest BCUT2D eigenvalue weighted by Gasteiger charge is -2.10. The third-order valence-electron chi connectivity index (χ3n) is 3.40. The summed E-state index contributed by atoms with van der Waals surface area (Å²) >= 11 is 0. The Morgan fingerprint density at radius 2 is 1.92 bits per heavy atom. The lowest BCUT2D eigenvalue weighted by atomic mass is 10.1. The molecule has 0 atom stereocenters. The smallest absolute Gasteiger partial charge is 0.338 e. The Bertz CT molecular complexity index is 746. The highest BCUT2D eigenvalue weighted by atomic mass is 16.5. The maximum atomic E-state index is 12.1. The van der Waals surface area contributed by atoms with Gasteiger partial charge in [0.05, 0.1) is 19.8 Å². The van der Waals surface area contributed by atoms with Gasteiger partial charge in [-0.2, -0.15) is 0 Å². The molecule has 126 valence electrons. The number of ether oxygens (including phenoxy) is 2. The number of carboxylic acids is 1. The third-order valence-corrected chi connectivity index (χ3v) is 3.40. The Morgan fingerprint density at radius 1 is 1.17 bits per heavy atom. The van der Waals surface area contributed by atoms with Gasteiger partial charge in [-0.1, -0.05) is 6.07 Å². The van der Waals surface area contributed by atoms with Crippen LogP contribution in [0.1, 0.15) is 26.4 Å². The van der Waals surface area contributed by atoms with E-state index in [9.17, 15) is 9.59 Å². The third kappa shape index (κ3) is 4.01. The van der Waals surface area contributed by atoms with Gasteiger partial charge in [0.25, 0.3) is 5.91 Å². The van der Waals surface area contributed by atoms with Gasteiger partial charge in [-0.3, -0.25) is 9.78 Å². The molecule has 7 heteroatoms. The molecule has 0 fully saturated rings. The average molecular weight is 330 g/mol. The first-order valence-corrected chi connectivity index (χ1v) is 7.24. The number of aromatic carboxylic acids is 1. The number of hydrogen-bond donors (Lipinski definition) is 2. The van der Waals surface area contributed by atoms with Crippen molar-refractivity contribution in [1.29, 1.82) is 0 Å². The number of rotatable bonds is 7. The highest BCUT2D eigenvalue weighted by molar-refractivity contribution is 6.03. The average Bonchev–Trinajstić information content (AvgIpc) is 2.61. The summed E-state index contributed by atoms with van der Waals surface area (Å²) < 4.78 is 10.4. The Labute approximate surface area is 139 Å². The number of hydrogen-bond acceptors (Lipinski definition) is 5. The van der Waals surface area contributed by atoms with Gasteiger partial charge in [-0.05, 0) is 36.2 Å². The number of amides is 1. The van der Waals surface area contributed by atoms with Crippen molar-refractivity contribution in [3.63, 3.8) is 0 Å². The van der Waals surface area contributed by atoms with Crippen LogP contribution in [0, 0.1) is 0 Å². The molecule has 0 aliphatic carbocycles. The summed E-state index contributed by atoms with van der Waals surface area (Å²) in [5, 5.41) is 11.8. The Balaban J connectivity index is 2.00. The van der Waals surface area contributed by atoms with Crippen LogP contribution in [-0.4, -0.2) is 42.7 Å². The lowest BCUT2D eigenvalue weighted by molar-refractivity contribution is 0.0690. The summed E-state index contributed by atoms with van der Waals surface area (Å²) in [5.74, 6) is -0.467. The fraction of sp³-hybridized carbons (Fsp3) is 0.235. The van der Waals surface area contributed by atoms with Crippen LogP contribution in [0.4, 0.5) is 0 Å². The highest BCUT2D eigenvalue weighted by Gasteiger charge is 2.17. The summed E-state index contributed by atoms with van der Waals surface area (Å²) in [6.45, 7) is 0.337. The van der Waals surface area contributed by atoms with E-state index in [0.29, 0.717) is 24.5 Å². The molecule has 1 amide bonds. The van der Waals surface area contributed by atoms with Crippen LogP contribution in [0.25, 0.3) is 0 Å². The maximum absolute atomic E-state index is 12.1. The van der Waals surface area contributed by atoms with E-state index in [2.05, 4.69) is 10.3 Å². The minimum absolute atomic E-state index is 0.0997. The molecular formula is C17H18N2O5. The minimum atomic E-state index is -1.19. The van der Waals surface area contributed by atoms with Crippen molar-refractivity contribution in [3.05, 3.63) is 53.3 Å². The van der Waals surface area contributed by atoms with Crippen molar-refractivity contribution >= 4 is 11.9 Å². The summed E-state index contributed by atoms with van der Waals surface area (Å²) in [5.41, 5.74) is 0.728. The van der Waals surface area contributed by atoms with Gasteiger partial charge >= 0.3 is 5.97 Å². The number of carbonyl (C=O) groups is 2. The summed E-state index contributed by atoms with van der Waals surface area (Å²) in [7, 11) is 3.11. The fourth-order valence-electron chi connectivity index (χ4n) is 2.20. The van der Waals surface area contributed by atoms with Crippen molar-refractivity contribution in [3.8, 4) is 11.5 Å². The molecule has 1 heterocycles. The molecule has 0 saturated heterocycles. The van der Waals surface area contributed by atoms with E-state index in [1.165, 1.54) is 18.3 Å². The highest BCUT2D eigenvalue weighted by Crippen LogP contribution is 2.27. The van der Waals surface area contributed by atoms with Gasteiger partial charge in [0, 0.05) is 12.7 Å². The van der Waals surface area contributed by atoms with Crippen LogP contribution in [0.5, 0.6) is 11.5 Å². The van der Waals surface area contributed by atoms with Crippen LogP contribution < -0.4 is 14.8 Å². The molecule has 1 aromatic heterocycles. The Morgan fingerprint density at radius 3 is 2.58 bits per heavy atom. The van der Waals surface area contributed by atoms with Gasteiger partial charge in [-0.25, -0.2) is 4.79 Å². The molecule has 0 bridgehead atoms. The van der Waals surface area contributed by atoms with E-state index >= 15 is 0 Å². The summed E-state index contributed by atoms with van der Waals surface area (Å²) in [4.78, 5) is 27.1. The zero-order valence-electron chi connectivity index (χ0n) is 13.4. The molecule has 2 aromatic rings. The molecule has 0 spiro atoms. The molecule has 1 aromatic carbocycles. The SMILES string of the molecule is COc1ccc(CCNC(=O)c2ncccc2C(=O)O)cc1OC. The van der Waals surface area contributed by atoms with Crippen LogP contribution >= 0.6 is 0 Å². The Hall–Kier alpha value is -3.09. The molecule has 24 heavy (non-hydrogen) atoms. The predicted octanol–water partition coefficient (Wildman–Crippen LogP) is 1.77. The molecule has 0 saturated carbocycles. The second kappa shape index (κ2) is 7.96. The van der Waals surface area contributed by atoms with Gasteiger partial charge in [0.1, 0.15) is 5.69 Å². The second-order valence-corrected chi connectivity index (χ2v) is 4.90. The molecule has 0 unspecified atom stereocenters. The number of carboxylic acid groups (broad SMARTS) is 1. The van der Waals surface area contributed by atoms with Gasteiger partial charge < -0.3 is 19.9 Å². The van der Waals surface area contributed by atoms with E-state index in [4.69, 9.17) is 14.6 Å². The molecule has 0 radical (unpaired) electrons. The van der Waals surface area contributed by atoms with E-state index in [1.54, 1.807) is 20.3 Å².